The van der Waals surface area contributed by atoms with Crippen LogP contribution < -0.4 is 15.8 Å². The molecule has 2 aromatic heterocycles. The van der Waals surface area contributed by atoms with E-state index in [0.717, 1.165) is 55.4 Å². The van der Waals surface area contributed by atoms with Crippen LogP contribution in [0, 0.1) is 11.6 Å². The van der Waals surface area contributed by atoms with E-state index in [1.807, 2.05) is 24.7 Å². The number of halogens is 2. The van der Waals surface area contributed by atoms with Gasteiger partial charge in [0.05, 0.1) is 23.2 Å². The Bertz CT molecular complexity index is 1680. The smallest absolute Gasteiger partial charge is 0.264 e. The zero-order valence-corrected chi connectivity index (χ0v) is 24.7. The van der Waals surface area contributed by atoms with Gasteiger partial charge in [0.15, 0.2) is 0 Å². The van der Waals surface area contributed by atoms with E-state index in [4.69, 9.17) is 15.6 Å². The van der Waals surface area contributed by atoms with Crippen molar-refractivity contribution in [3.8, 4) is 11.3 Å². The number of methoxy groups -OCH3 is 1. The topological polar surface area (TPSA) is 124 Å². The van der Waals surface area contributed by atoms with Gasteiger partial charge in [-0.15, -0.1) is 0 Å². The maximum absolute atomic E-state index is 15.4. The first kappa shape index (κ1) is 29.9. The minimum atomic E-state index is -4.35. The molecule has 0 atom stereocenters. The minimum absolute atomic E-state index is 0.00875. The summed E-state index contributed by atoms with van der Waals surface area (Å²) in [6, 6.07) is 9.42. The minimum Gasteiger partial charge on any atom is -0.383 e. The molecule has 12 heteroatoms. The normalized spacial score (nSPS) is 17.7. The van der Waals surface area contributed by atoms with Crippen molar-refractivity contribution in [2.24, 2.45) is 0 Å². The molecule has 42 heavy (non-hydrogen) atoms. The van der Waals surface area contributed by atoms with Crippen molar-refractivity contribution in [2.45, 2.75) is 62.4 Å². The average molecular weight is 599 g/mol. The summed E-state index contributed by atoms with van der Waals surface area (Å²) in [6.45, 7) is 5.55. The lowest BCUT2D eigenvalue weighted by molar-refractivity contribution is 0.191. The van der Waals surface area contributed by atoms with Gasteiger partial charge in [-0.1, -0.05) is 18.2 Å². The Morgan fingerprint density at radius 1 is 1.10 bits per heavy atom. The molecule has 4 N–H and O–H groups in total. The van der Waals surface area contributed by atoms with Crippen LogP contribution in [-0.2, 0) is 14.8 Å². The third-order valence-corrected chi connectivity index (χ3v) is 9.19. The fourth-order valence-corrected chi connectivity index (χ4v) is 6.82. The Morgan fingerprint density at radius 3 is 2.50 bits per heavy atom. The van der Waals surface area contributed by atoms with Gasteiger partial charge in [0.25, 0.3) is 10.0 Å². The average Bonchev–Trinajstić information content (AvgIpc) is 3.37. The van der Waals surface area contributed by atoms with E-state index < -0.39 is 26.6 Å². The summed E-state index contributed by atoms with van der Waals surface area (Å²) < 4.78 is 64.2. The largest absolute Gasteiger partial charge is 0.383 e. The molecule has 1 fully saturated rings. The van der Waals surface area contributed by atoms with E-state index >= 15 is 4.39 Å². The van der Waals surface area contributed by atoms with Crippen LogP contribution in [0.3, 0.4) is 0 Å². The summed E-state index contributed by atoms with van der Waals surface area (Å²) >= 11 is 0. The molecule has 1 aliphatic rings. The first-order chi connectivity index (χ1) is 20.1. The van der Waals surface area contributed by atoms with E-state index in [2.05, 4.69) is 15.0 Å². The molecule has 1 saturated carbocycles. The number of pyridine rings is 1. The molecular formula is C30H36F2N6O3S. The van der Waals surface area contributed by atoms with Crippen molar-refractivity contribution >= 4 is 32.4 Å². The van der Waals surface area contributed by atoms with Gasteiger partial charge in [-0.2, -0.15) is 5.10 Å². The molecule has 0 saturated heterocycles. The molecular weight excluding hydrogens is 562 g/mol. The Balaban J connectivity index is 1.48. The van der Waals surface area contributed by atoms with Crippen LogP contribution in [0.5, 0.6) is 0 Å². The molecule has 2 heterocycles. The first-order valence-electron chi connectivity index (χ1n) is 14.1. The quantitative estimate of drug-likeness (QED) is 0.203. The number of nitrogens with two attached hydrogens (primary N) is 1. The summed E-state index contributed by atoms with van der Waals surface area (Å²) in [4.78, 5) is 3.95. The number of aromatic nitrogens is 3. The van der Waals surface area contributed by atoms with Crippen LogP contribution in [0.25, 0.3) is 22.2 Å². The number of hydrogen-bond donors (Lipinski definition) is 3. The summed E-state index contributed by atoms with van der Waals surface area (Å²) in [6.07, 6.45) is 5.86. The highest BCUT2D eigenvalue weighted by Crippen LogP contribution is 2.41. The fourth-order valence-electron chi connectivity index (χ4n) is 5.67. The second-order valence-corrected chi connectivity index (χ2v) is 12.6. The van der Waals surface area contributed by atoms with Gasteiger partial charge in [-0.3, -0.25) is 9.40 Å². The summed E-state index contributed by atoms with van der Waals surface area (Å²) in [7, 11) is -2.65. The molecule has 4 aromatic rings. The van der Waals surface area contributed by atoms with Crippen LogP contribution in [0.2, 0.25) is 0 Å². The highest BCUT2D eigenvalue weighted by atomic mass is 32.2. The van der Waals surface area contributed by atoms with Gasteiger partial charge in [0, 0.05) is 37.5 Å². The van der Waals surface area contributed by atoms with Crippen LogP contribution in [0.4, 0.5) is 20.3 Å². The van der Waals surface area contributed by atoms with E-state index in [-0.39, 0.29) is 23.5 Å². The highest BCUT2D eigenvalue weighted by molar-refractivity contribution is 7.92. The third kappa shape index (κ3) is 5.97. The standard InChI is InChI=1S/C30H36F2N6O3S/c1-18(2)38-29-22(19-8-11-21(12-9-19)34-14-15-41-3)17-35-30(33)27(29)28(36-38)20-10-13-25(24(32)16-20)37-42(39,40)26-7-5-4-6-23(26)31/h4-7,10,13,16-19,21,34,37H,8-9,11-12,14-15H2,1-3H3,(H2,33,35). The van der Waals surface area contributed by atoms with Gasteiger partial charge in [0.1, 0.15) is 28.0 Å². The number of hydrogen-bond acceptors (Lipinski definition) is 7. The predicted octanol–water partition coefficient (Wildman–Crippen LogP) is 5.60. The lowest BCUT2D eigenvalue weighted by atomic mass is 9.81. The number of fused-ring (bicyclic) bond motifs is 1. The SMILES string of the molecule is COCCNC1CCC(c2cnc(N)c3c(-c4ccc(NS(=O)(=O)c5ccccc5F)c(F)c4)nn(C(C)C)c23)CC1. The summed E-state index contributed by atoms with van der Waals surface area (Å²) in [5.41, 5.74) is 8.94. The molecule has 0 aliphatic heterocycles. The zero-order chi connectivity index (χ0) is 30.0. The molecule has 224 valence electrons. The number of sulfonamides is 1. The number of nitrogen functional groups attached to an aromatic ring is 1. The third-order valence-electron chi connectivity index (χ3n) is 7.79. The second-order valence-electron chi connectivity index (χ2n) is 10.9. The molecule has 0 unspecified atom stereocenters. The van der Waals surface area contributed by atoms with Crippen molar-refractivity contribution in [1.29, 1.82) is 0 Å². The van der Waals surface area contributed by atoms with Gasteiger partial charge in [-0.05, 0) is 75.3 Å². The van der Waals surface area contributed by atoms with Crippen LogP contribution >= 0.6 is 0 Å². The van der Waals surface area contributed by atoms with Crippen molar-refractivity contribution in [3.05, 3.63) is 65.9 Å². The van der Waals surface area contributed by atoms with Crippen molar-refractivity contribution in [1.82, 2.24) is 20.1 Å². The predicted molar refractivity (Wildman–Crippen MR) is 160 cm³/mol. The van der Waals surface area contributed by atoms with Crippen molar-refractivity contribution in [2.75, 3.05) is 30.7 Å². The van der Waals surface area contributed by atoms with Crippen LogP contribution in [0.1, 0.15) is 57.1 Å². The van der Waals surface area contributed by atoms with Gasteiger partial charge in [-0.25, -0.2) is 22.2 Å². The molecule has 5 rings (SSSR count). The Kier molecular flexibility index (Phi) is 8.76. The number of anilines is 2. The monoisotopic (exact) mass is 598 g/mol. The molecule has 0 spiro atoms. The first-order valence-corrected chi connectivity index (χ1v) is 15.5. The number of nitrogens with zero attached hydrogens (tertiary/aromatic N) is 3. The van der Waals surface area contributed by atoms with Gasteiger partial charge < -0.3 is 15.8 Å². The lowest BCUT2D eigenvalue weighted by Gasteiger charge is -2.30. The van der Waals surface area contributed by atoms with E-state index in [9.17, 15) is 12.8 Å². The molecule has 0 radical (unpaired) electrons. The number of ether oxygens (including phenoxy) is 1. The fraction of sp³-hybridized carbons (Fsp3) is 0.400. The maximum atomic E-state index is 15.4. The zero-order valence-electron chi connectivity index (χ0n) is 23.9. The Morgan fingerprint density at radius 2 is 1.83 bits per heavy atom. The second kappa shape index (κ2) is 12.3. The molecule has 9 nitrogen and oxygen atoms in total. The van der Waals surface area contributed by atoms with Gasteiger partial charge in [0.2, 0.25) is 0 Å². The van der Waals surface area contributed by atoms with Crippen LogP contribution in [0.15, 0.2) is 53.6 Å². The molecule has 0 bridgehead atoms. The summed E-state index contributed by atoms with van der Waals surface area (Å²) in [5.74, 6) is -1.20. The van der Waals surface area contributed by atoms with E-state index in [1.165, 1.54) is 24.3 Å². The molecule has 0 amide bonds. The van der Waals surface area contributed by atoms with Crippen molar-refractivity contribution < 1.29 is 21.9 Å². The number of rotatable bonds is 10. The lowest BCUT2D eigenvalue weighted by Crippen LogP contribution is -2.34. The Labute approximate surface area is 244 Å². The number of benzene rings is 2. The van der Waals surface area contributed by atoms with Gasteiger partial charge >= 0.3 is 0 Å². The van der Waals surface area contributed by atoms with E-state index in [1.54, 1.807) is 13.2 Å². The van der Waals surface area contributed by atoms with Crippen LogP contribution in [-0.4, -0.2) is 49.5 Å². The molecule has 1 aliphatic carbocycles. The Hall–Kier alpha value is -3.61. The van der Waals surface area contributed by atoms with E-state index in [0.29, 0.717) is 29.3 Å². The summed E-state index contributed by atoms with van der Waals surface area (Å²) in [5, 5.41) is 9.06. The number of nitrogens with one attached hydrogen (secondary N) is 2. The maximum Gasteiger partial charge on any atom is 0.264 e. The van der Waals surface area contributed by atoms with Crippen molar-refractivity contribution in [3.63, 3.8) is 0 Å². The highest BCUT2D eigenvalue weighted by Gasteiger charge is 2.28. The molecule has 2 aromatic carbocycles.